The lowest BCUT2D eigenvalue weighted by atomic mass is 9.12. The number of carbonyl (C=O) groups is 3. The van der Waals surface area contributed by atoms with E-state index in [1.54, 1.807) is 30.3 Å². The summed E-state index contributed by atoms with van der Waals surface area (Å²) < 4.78 is 294. The second-order valence-electron chi connectivity index (χ2n) is 12.4. The van der Waals surface area contributed by atoms with Gasteiger partial charge in [-0.2, -0.15) is 0 Å². The van der Waals surface area contributed by atoms with E-state index in [1.165, 1.54) is 0 Å². The highest BCUT2D eigenvalue weighted by atomic mass is 32.2. The van der Waals surface area contributed by atoms with Crippen LogP contribution in [0.5, 0.6) is 0 Å². The van der Waals surface area contributed by atoms with Crippen molar-refractivity contribution >= 4 is 56.6 Å². The molecule has 0 amide bonds. The molecule has 0 heterocycles. The normalized spacial score (nSPS) is 11.5. The van der Waals surface area contributed by atoms with E-state index in [2.05, 4.69) is 0 Å². The molecule has 5 aromatic carbocycles. The highest BCUT2D eigenvalue weighted by Gasteiger charge is 2.52. The molecule has 5 nitrogen and oxygen atoms in total. The van der Waals surface area contributed by atoms with Crippen molar-refractivity contribution in [3.05, 3.63) is 152 Å². The van der Waals surface area contributed by atoms with Crippen LogP contribution in [-0.2, 0) is 20.5 Å². The summed E-state index contributed by atoms with van der Waals surface area (Å²) >= 11 is 0. The molecule has 2 N–H and O–H groups in total. The van der Waals surface area contributed by atoms with E-state index in [9.17, 15) is 67.1 Å². The molecule has 5 rings (SSSR count). The zero-order chi connectivity index (χ0) is 47.9. The molecule has 336 valence electrons. The number of rotatable bonds is 11. The maximum absolute atomic E-state index is 15.4. The number of aliphatic carboxylic acids is 2. The smallest absolute Gasteiger partial charge is 0.353 e. The largest absolute Gasteiger partial charge is 0.478 e. The average Bonchev–Trinajstić information content (AvgIpc) is 3.23. The van der Waals surface area contributed by atoms with Crippen LogP contribution in [0.15, 0.2) is 30.3 Å². The van der Waals surface area contributed by atoms with Gasteiger partial charge < -0.3 is 10.2 Å². The molecule has 0 spiro atoms. The first-order valence-corrected chi connectivity index (χ1v) is 17.8. The summed E-state index contributed by atoms with van der Waals surface area (Å²) in [5.41, 5.74) is -13.9. The summed E-state index contributed by atoms with van der Waals surface area (Å²) in [7, 11) is -0.964. The Morgan fingerprint density at radius 2 is 0.556 bits per heavy atom. The lowest BCUT2D eigenvalue weighted by Gasteiger charge is -2.44. The number of hydrogen-bond donors (Lipinski definition) is 2. The van der Waals surface area contributed by atoms with Crippen LogP contribution in [0.2, 0.25) is 0 Å². The molecule has 0 saturated heterocycles. The summed E-state index contributed by atoms with van der Waals surface area (Å²) in [5, 5.41) is 17.4. The molecule has 0 radical (unpaired) electrons. The van der Waals surface area contributed by atoms with E-state index in [1.807, 2.05) is 0 Å². The zero-order valence-corrected chi connectivity index (χ0v) is 30.5. The minimum Gasteiger partial charge on any atom is -0.478 e. The van der Waals surface area contributed by atoms with Gasteiger partial charge in [0.1, 0.15) is 52.7 Å². The number of ketones is 1. The molecule has 0 aliphatic rings. The Kier molecular flexibility index (Phi) is 14.6. The standard InChI is InChI=1S/C24BF20.C12H12O5S/c26-5-1(6(27)14(35)21(42)13(5)34)25(2-7(28)15(36)22(43)16(37)8(2)29,3-9(30)17(38)23(44)18(39)10(3)31)4-11(32)19(40)24(45)20(41)12(4)33;13-10(9-4-2-1-3-5-9)6-18(7-11(14)15)8-12(16)17/h;1-5H,6-8H2,(H-,14,15,16,17)/q-1;/p+1. The van der Waals surface area contributed by atoms with Gasteiger partial charge in [-0.05, 0) is 0 Å². The average molecular weight is 948 g/mol. The zero-order valence-electron chi connectivity index (χ0n) is 29.7. The molecule has 0 unspecified atom stereocenters. The van der Waals surface area contributed by atoms with E-state index in [0.717, 1.165) is 0 Å². The van der Waals surface area contributed by atoms with Gasteiger partial charge in [0.05, 0.1) is 0 Å². The summed E-state index contributed by atoms with van der Waals surface area (Å²) in [5.74, 6) is -74.4. The van der Waals surface area contributed by atoms with Gasteiger partial charge in [0.25, 0.3) is 0 Å². The quantitative estimate of drug-likeness (QED) is 0.0395. The molecular formula is C36H13BF20O5S. The summed E-state index contributed by atoms with van der Waals surface area (Å²) in [6.07, 6.45) is -7.22. The van der Waals surface area contributed by atoms with E-state index in [4.69, 9.17) is 10.2 Å². The molecule has 0 aliphatic carbocycles. The Hall–Kier alpha value is -6.28. The first-order valence-electron chi connectivity index (χ1n) is 16.1. The van der Waals surface area contributed by atoms with E-state index < -0.39 is 167 Å². The molecule has 0 aliphatic heterocycles. The van der Waals surface area contributed by atoms with E-state index in [-0.39, 0.29) is 23.0 Å². The van der Waals surface area contributed by atoms with Crippen molar-refractivity contribution in [2.75, 3.05) is 17.3 Å². The number of benzene rings is 5. The minimum atomic E-state index is -7.22. The van der Waals surface area contributed by atoms with Gasteiger partial charge in [-0.3, -0.25) is 4.79 Å². The number of carboxylic acids is 2. The third kappa shape index (κ3) is 8.48. The number of hydrogen-bond acceptors (Lipinski definition) is 3. The van der Waals surface area contributed by atoms with Crippen LogP contribution in [0, 0.1) is 116 Å². The van der Waals surface area contributed by atoms with Crippen molar-refractivity contribution in [1.29, 1.82) is 0 Å². The third-order valence-electron chi connectivity index (χ3n) is 8.79. The molecule has 27 heteroatoms. The minimum absolute atomic E-state index is 0.0391. The SMILES string of the molecule is Fc1c(F)c(F)c([B-](c2c(F)c(F)c(F)c(F)c2F)(c2c(F)c(F)c(F)c(F)c2F)c2c(F)c(F)c(F)c(F)c2F)c(F)c1F.O=C(O)C[S+](CC(=O)O)CC(=O)c1ccccc1. The monoisotopic (exact) mass is 948 g/mol. The van der Waals surface area contributed by atoms with Crippen LogP contribution in [0.3, 0.4) is 0 Å². The van der Waals surface area contributed by atoms with Gasteiger partial charge in [0.2, 0.25) is 17.3 Å². The fourth-order valence-electron chi connectivity index (χ4n) is 6.27. The molecule has 5 aromatic rings. The number of carbonyl (C=O) groups excluding carboxylic acids is 1. The van der Waals surface area contributed by atoms with Gasteiger partial charge in [-0.1, -0.05) is 30.3 Å². The summed E-state index contributed by atoms with van der Waals surface area (Å²) in [6, 6.07) is 8.45. The number of carboxylic acid groups (broad SMARTS) is 2. The molecule has 63 heavy (non-hydrogen) atoms. The maximum Gasteiger partial charge on any atom is 0.353 e. The van der Waals surface area contributed by atoms with Crippen LogP contribution < -0.4 is 21.9 Å². The van der Waals surface area contributed by atoms with Crippen LogP contribution in [0.4, 0.5) is 87.8 Å². The number of halogens is 20. The predicted molar refractivity (Wildman–Crippen MR) is 177 cm³/mol. The predicted octanol–water partition coefficient (Wildman–Crippen LogP) is 6.50. The van der Waals surface area contributed by atoms with Crippen LogP contribution >= 0.6 is 0 Å². The summed E-state index contributed by atoms with van der Waals surface area (Å²) in [6.45, 7) is 0. The highest BCUT2D eigenvalue weighted by molar-refractivity contribution is 7.98. The van der Waals surface area contributed by atoms with Crippen LogP contribution in [-0.4, -0.2) is 51.3 Å². The Labute approximate surface area is 338 Å². The Bertz CT molecular complexity index is 2300. The van der Waals surface area contributed by atoms with Crippen molar-refractivity contribution in [2.24, 2.45) is 0 Å². The first-order chi connectivity index (χ1) is 29.2. The van der Waals surface area contributed by atoms with Gasteiger partial charge >= 0.3 is 11.9 Å². The Morgan fingerprint density at radius 3 is 0.762 bits per heavy atom. The lowest BCUT2D eigenvalue weighted by Crippen LogP contribution is -2.81. The van der Waals surface area contributed by atoms with E-state index in [0.29, 0.717) is 5.56 Å². The molecule has 0 fully saturated rings. The van der Waals surface area contributed by atoms with Crippen molar-refractivity contribution < 1.29 is 112 Å². The van der Waals surface area contributed by atoms with Gasteiger partial charge in [-0.15, -0.1) is 21.9 Å². The van der Waals surface area contributed by atoms with Crippen molar-refractivity contribution in [2.45, 2.75) is 0 Å². The molecular weight excluding hydrogens is 935 g/mol. The van der Waals surface area contributed by atoms with Crippen LogP contribution in [0.1, 0.15) is 10.4 Å². The van der Waals surface area contributed by atoms with Gasteiger partial charge in [-0.25, -0.2) is 97.4 Å². The van der Waals surface area contributed by atoms with Gasteiger partial charge in [0.15, 0.2) is 75.6 Å². The highest BCUT2D eigenvalue weighted by Crippen LogP contribution is 2.30. The molecule has 0 aromatic heterocycles. The lowest BCUT2D eigenvalue weighted by molar-refractivity contribution is -0.134. The van der Waals surface area contributed by atoms with Crippen molar-refractivity contribution in [3.63, 3.8) is 0 Å². The molecule has 0 atom stereocenters. The third-order valence-corrected chi connectivity index (χ3v) is 10.8. The molecule has 0 saturated carbocycles. The van der Waals surface area contributed by atoms with Crippen molar-refractivity contribution in [1.82, 2.24) is 0 Å². The maximum atomic E-state index is 15.4. The fourth-order valence-corrected chi connectivity index (χ4v) is 7.81. The van der Waals surface area contributed by atoms with Gasteiger partial charge in [0, 0.05) is 16.5 Å². The second kappa shape index (κ2) is 18.6. The Balaban J connectivity index is 0.000000405. The van der Waals surface area contributed by atoms with E-state index >= 15 is 35.1 Å². The summed E-state index contributed by atoms with van der Waals surface area (Å²) in [4.78, 5) is 33.1. The first kappa shape index (κ1) is 49.4. The fraction of sp³-hybridized carbons (Fsp3) is 0.0833. The second-order valence-corrected chi connectivity index (χ2v) is 14.5. The Morgan fingerprint density at radius 1 is 0.349 bits per heavy atom. The van der Waals surface area contributed by atoms with Crippen LogP contribution in [0.25, 0.3) is 0 Å². The number of Topliss-reactive ketones (excluding diaryl/α,β-unsaturated/α-hetero) is 1. The topological polar surface area (TPSA) is 91.7 Å². The van der Waals surface area contributed by atoms with Crippen molar-refractivity contribution in [3.8, 4) is 0 Å². The molecule has 0 bridgehead atoms.